The molecule has 0 N–H and O–H groups in total. The molecule has 2 nitrogen and oxygen atoms in total. The average molecular weight is 683 g/mol. The van der Waals surface area contributed by atoms with E-state index in [1.165, 1.54) is 64.7 Å². The van der Waals surface area contributed by atoms with Crippen molar-refractivity contribution in [2.45, 2.75) is 19.3 Å². The summed E-state index contributed by atoms with van der Waals surface area (Å²) in [7, 11) is 0. The molecular weight excluding hydrogens is 649 g/mol. The zero-order valence-corrected chi connectivity index (χ0v) is 29.8. The summed E-state index contributed by atoms with van der Waals surface area (Å²) in [6.45, 7) is 4.67. The highest BCUT2D eigenvalue weighted by atomic mass is 32.1. The molecule has 52 heavy (non-hydrogen) atoms. The Kier molecular flexibility index (Phi) is 7.06. The van der Waals surface area contributed by atoms with Gasteiger partial charge in [0.1, 0.15) is 0 Å². The zero-order chi connectivity index (χ0) is 34.8. The van der Waals surface area contributed by atoms with Crippen LogP contribution in [0.25, 0.3) is 87.5 Å². The number of aromatic nitrogens is 2. The molecule has 0 fully saturated rings. The van der Waals surface area contributed by atoms with Crippen LogP contribution in [0.2, 0.25) is 0 Å². The molecule has 0 saturated carbocycles. The molecule has 0 unspecified atom stereocenters. The summed E-state index contributed by atoms with van der Waals surface area (Å²) in [6, 6.07) is 61.2. The molecule has 10 rings (SSSR count). The van der Waals surface area contributed by atoms with Crippen molar-refractivity contribution in [3.8, 4) is 67.3 Å². The van der Waals surface area contributed by atoms with Gasteiger partial charge in [-0.1, -0.05) is 153 Å². The van der Waals surface area contributed by atoms with E-state index in [2.05, 4.69) is 166 Å². The molecule has 0 saturated heterocycles. The first-order valence-electron chi connectivity index (χ1n) is 17.8. The fourth-order valence-electron chi connectivity index (χ4n) is 7.92. The summed E-state index contributed by atoms with van der Waals surface area (Å²) in [5, 5.41) is 2.63. The predicted octanol–water partition coefficient (Wildman–Crippen LogP) is 13.5. The van der Waals surface area contributed by atoms with Gasteiger partial charge in [0.05, 0.1) is 11.4 Å². The highest BCUT2D eigenvalue weighted by Gasteiger charge is 2.35. The normalized spacial score (nSPS) is 13.0. The molecule has 0 amide bonds. The van der Waals surface area contributed by atoms with Gasteiger partial charge in [-0.15, -0.1) is 11.3 Å². The molecule has 7 aromatic carbocycles. The number of hydrogen-bond donors (Lipinski definition) is 0. The molecule has 9 aromatic rings. The van der Waals surface area contributed by atoms with Crippen LogP contribution < -0.4 is 0 Å². The van der Waals surface area contributed by atoms with E-state index in [-0.39, 0.29) is 5.41 Å². The number of rotatable bonds is 5. The van der Waals surface area contributed by atoms with Gasteiger partial charge in [-0.25, -0.2) is 9.97 Å². The number of benzene rings is 7. The molecule has 2 heterocycles. The summed E-state index contributed by atoms with van der Waals surface area (Å²) < 4.78 is 2.64. The largest absolute Gasteiger partial charge is 0.228 e. The molecule has 0 radical (unpaired) electrons. The second kappa shape index (κ2) is 12.0. The molecule has 0 aliphatic heterocycles. The Morgan fingerprint density at radius 1 is 0.385 bits per heavy atom. The van der Waals surface area contributed by atoms with E-state index in [1.54, 1.807) is 0 Å². The topological polar surface area (TPSA) is 25.8 Å². The summed E-state index contributed by atoms with van der Waals surface area (Å²) in [6.07, 6.45) is 0. The lowest BCUT2D eigenvalue weighted by Crippen LogP contribution is -2.14. The Balaban J connectivity index is 0.997. The second-order valence-electron chi connectivity index (χ2n) is 14.2. The highest BCUT2D eigenvalue weighted by molar-refractivity contribution is 7.25. The maximum absolute atomic E-state index is 5.09. The van der Waals surface area contributed by atoms with Crippen molar-refractivity contribution in [2.24, 2.45) is 0 Å². The van der Waals surface area contributed by atoms with E-state index in [4.69, 9.17) is 9.97 Å². The number of thiophene rings is 1. The molecule has 2 aromatic heterocycles. The molecule has 1 aliphatic carbocycles. The molecule has 1 aliphatic rings. The Labute approximate surface area is 307 Å². The van der Waals surface area contributed by atoms with Gasteiger partial charge >= 0.3 is 0 Å². The van der Waals surface area contributed by atoms with E-state index in [0.717, 1.165) is 33.9 Å². The van der Waals surface area contributed by atoms with E-state index >= 15 is 0 Å². The fourth-order valence-corrected chi connectivity index (χ4v) is 9.00. The molecule has 0 bridgehead atoms. The third-order valence-corrected chi connectivity index (χ3v) is 11.9. The van der Waals surface area contributed by atoms with Gasteiger partial charge in [0, 0.05) is 42.3 Å². The molecular formula is C49H34N2S. The zero-order valence-electron chi connectivity index (χ0n) is 29.0. The summed E-state index contributed by atoms with van der Waals surface area (Å²) in [5.74, 6) is 0.719. The Hall–Kier alpha value is -6.16. The van der Waals surface area contributed by atoms with Crippen molar-refractivity contribution in [2.75, 3.05) is 0 Å². The van der Waals surface area contributed by atoms with Crippen LogP contribution in [0.15, 0.2) is 170 Å². The van der Waals surface area contributed by atoms with Gasteiger partial charge in [0.25, 0.3) is 0 Å². The monoisotopic (exact) mass is 682 g/mol. The van der Waals surface area contributed by atoms with Crippen LogP contribution in [0.3, 0.4) is 0 Å². The third kappa shape index (κ3) is 5.08. The standard InChI is InChI=1S/C49H34N2S/c1-49(2)42-14-8-6-12-38(42)39-26-24-37(29-43(39)49)32-18-22-34(23-19-32)45-30-44(50-48(51-45)35-10-4-3-5-11-35)33-20-16-31(17-21-33)36-25-27-47-41(28-36)40-13-7-9-15-46(40)52-47/h3-30H,1-2H3. The molecule has 3 heteroatoms. The maximum atomic E-state index is 5.09. The highest BCUT2D eigenvalue weighted by Crippen LogP contribution is 2.49. The average Bonchev–Trinajstić information content (AvgIpc) is 3.69. The lowest BCUT2D eigenvalue weighted by Gasteiger charge is -2.22. The van der Waals surface area contributed by atoms with Crippen molar-refractivity contribution in [3.63, 3.8) is 0 Å². The van der Waals surface area contributed by atoms with Gasteiger partial charge in [-0.05, 0) is 74.8 Å². The number of fused-ring (bicyclic) bond motifs is 6. The Morgan fingerprint density at radius 3 is 1.65 bits per heavy atom. The summed E-state index contributed by atoms with van der Waals surface area (Å²) >= 11 is 1.85. The van der Waals surface area contributed by atoms with Crippen LogP contribution >= 0.6 is 11.3 Å². The van der Waals surface area contributed by atoms with Crippen molar-refractivity contribution in [3.05, 3.63) is 181 Å². The van der Waals surface area contributed by atoms with Crippen LogP contribution in [0.4, 0.5) is 0 Å². The van der Waals surface area contributed by atoms with Gasteiger partial charge in [0.2, 0.25) is 0 Å². The van der Waals surface area contributed by atoms with Crippen LogP contribution in [0, 0.1) is 0 Å². The lowest BCUT2D eigenvalue weighted by atomic mass is 9.81. The second-order valence-corrected chi connectivity index (χ2v) is 15.3. The molecule has 0 spiro atoms. The lowest BCUT2D eigenvalue weighted by molar-refractivity contribution is 0.660. The minimum Gasteiger partial charge on any atom is -0.228 e. The van der Waals surface area contributed by atoms with E-state index < -0.39 is 0 Å². The van der Waals surface area contributed by atoms with Crippen molar-refractivity contribution in [1.29, 1.82) is 0 Å². The fraction of sp³-hybridized carbons (Fsp3) is 0.0612. The van der Waals surface area contributed by atoms with E-state index in [9.17, 15) is 0 Å². The van der Waals surface area contributed by atoms with Crippen LogP contribution in [-0.2, 0) is 5.41 Å². The molecule has 246 valence electrons. The number of hydrogen-bond acceptors (Lipinski definition) is 3. The first-order valence-corrected chi connectivity index (χ1v) is 18.6. The summed E-state index contributed by atoms with van der Waals surface area (Å²) in [5.41, 5.74) is 15.2. The quantitative estimate of drug-likeness (QED) is 0.181. The van der Waals surface area contributed by atoms with Gasteiger partial charge in [0.15, 0.2) is 5.82 Å². The van der Waals surface area contributed by atoms with Crippen LogP contribution in [0.5, 0.6) is 0 Å². The number of nitrogens with zero attached hydrogens (tertiary/aromatic N) is 2. The van der Waals surface area contributed by atoms with Crippen LogP contribution in [-0.4, -0.2) is 9.97 Å². The van der Waals surface area contributed by atoms with Crippen LogP contribution in [0.1, 0.15) is 25.0 Å². The van der Waals surface area contributed by atoms with Gasteiger partial charge in [-0.2, -0.15) is 0 Å². The first kappa shape index (κ1) is 30.6. The van der Waals surface area contributed by atoms with Crippen molar-refractivity contribution < 1.29 is 0 Å². The smallest absolute Gasteiger partial charge is 0.160 e. The predicted molar refractivity (Wildman–Crippen MR) is 220 cm³/mol. The third-order valence-electron chi connectivity index (χ3n) is 10.7. The summed E-state index contributed by atoms with van der Waals surface area (Å²) in [4.78, 5) is 10.2. The van der Waals surface area contributed by atoms with Gasteiger partial charge < -0.3 is 0 Å². The van der Waals surface area contributed by atoms with E-state index in [0.29, 0.717) is 0 Å². The van der Waals surface area contributed by atoms with Crippen molar-refractivity contribution in [1.82, 2.24) is 9.97 Å². The van der Waals surface area contributed by atoms with E-state index in [1.807, 2.05) is 29.5 Å². The van der Waals surface area contributed by atoms with Crippen molar-refractivity contribution >= 4 is 31.5 Å². The minimum absolute atomic E-state index is 0.0300. The molecule has 0 atom stereocenters. The Morgan fingerprint density at radius 2 is 0.923 bits per heavy atom. The minimum atomic E-state index is -0.0300. The SMILES string of the molecule is CC1(C)c2ccccc2-c2ccc(-c3ccc(-c4cc(-c5ccc(-c6ccc7sc8ccccc8c7c6)cc5)nc(-c5ccccc5)n4)cc3)cc21. The maximum Gasteiger partial charge on any atom is 0.160 e. The first-order chi connectivity index (χ1) is 25.5. The Bertz CT molecular complexity index is 2790. The van der Waals surface area contributed by atoms with Gasteiger partial charge in [-0.3, -0.25) is 0 Å².